The Bertz CT molecular complexity index is 2970. The standard InChI is InChI=1S/C54H33F2N3/c55-43-26-21-34(22-27-43)38-11-7-13-40(31-38)51-57-52(41-14-8-12-39(32-41)35-23-28-44(56)29-24-35)59-53(58-51)42-25-30-50-46(33-42)45-15-3-6-18-49(45)54(50)47-16-4-1-9-36(47)19-20-37-10-2-5-17-48(37)54/h1-33H. The predicted molar refractivity (Wildman–Crippen MR) is 233 cm³/mol. The predicted octanol–water partition coefficient (Wildman–Crippen LogP) is 13.3. The molecule has 0 saturated heterocycles. The van der Waals surface area contributed by atoms with Crippen LogP contribution >= 0.6 is 0 Å². The Labute approximate surface area is 340 Å². The van der Waals surface area contributed by atoms with Crippen molar-refractivity contribution in [2.24, 2.45) is 0 Å². The van der Waals surface area contributed by atoms with Crippen LogP contribution in [-0.2, 0) is 5.41 Å². The van der Waals surface area contributed by atoms with Crippen molar-refractivity contribution in [3.63, 3.8) is 0 Å². The van der Waals surface area contributed by atoms with Gasteiger partial charge in [-0.3, -0.25) is 0 Å². The number of hydrogen-bond acceptors (Lipinski definition) is 3. The van der Waals surface area contributed by atoms with Gasteiger partial charge in [0, 0.05) is 16.7 Å². The second-order valence-corrected chi connectivity index (χ2v) is 15.0. The van der Waals surface area contributed by atoms with Gasteiger partial charge in [-0.1, -0.05) is 158 Å². The lowest BCUT2D eigenvalue weighted by Crippen LogP contribution is -2.29. The molecule has 1 heterocycles. The van der Waals surface area contributed by atoms with Crippen molar-refractivity contribution < 1.29 is 8.78 Å². The first-order valence-corrected chi connectivity index (χ1v) is 19.6. The summed E-state index contributed by atoms with van der Waals surface area (Å²) in [6, 6.07) is 61.8. The highest BCUT2D eigenvalue weighted by Crippen LogP contribution is 2.58. The fraction of sp³-hybridized carbons (Fsp3) is 0.0185. The van der Waals surface area contributed by atoms with Gasteiger partial charge in [0.25, 0.3) is 0 Å². The van der Waals surface area contributed by atoms with Gasteiger partial charge in [-0.25, -0.2) is 23.7 Å². The van der Waals surface area contributed by atoms with Crippen molar-refractivity contribution in [3.8, 4) is 67.5 Å². The Balaban J connectivity index is 1.12. The zero-order valence-corrected chi connectivity index (χ0v) is 31.7. The molecular formula is C54H33F2N3. The first-order valence-electron chi connectivity index (χ1n) is 19.6. The third-order valence-electron chi connectivity index (χ3n) is 11.7. The summed E-state index contributed by atoms with van der Waals surface area (Å²) in [5, 5.41) is 0. The van der Waals surface area contributed by atoms with Crippen molar-refractivity contribution in [1.82, 2.24) is 15.0 Å². The second kappa shape index (κ2) is 13.8. The van der Waals surface area contributed by atoms with Crippen molar-refractivity contribution in [1.29, 1.82) is 0 Å². The summed E-state index contributed by atoms with van der Waals surface area (Å²) in [4.78, 5) is 15.4. The molecule has 0 atom stereocenters. The Morgan fingerprint density at radius 1 is 0.305 bits per heavy atom. The lowest BCUT2D eigenvalue weighted by atomic mass is 9.66. The molecule has 8 aromatic carbocycles. The van der Waals surface area contributed by atoms with Crippen LogP contribution in [0.4, 0.5) is 8.78 Å². The van der Waals surface area contributed by atoms with Crippen LogP contribution in [0.15, 0.2) is 188 Å². The summed E-state index contributed by atoms with van der Waals surface area (Å²) in [6.45, 7) is 0. The van der Waals surface area contributed by atoms with E-state index in [1.807, 2.05) is 48.5 Å². The minimum absolute atomic E-state index is 0.286. The topological polar surface area (TPSA) is 38.7 Å². The minimum Gasteiger partial charge on any atom is -0.208 e. The van der Waals surface area contributed by atoms with E-state index in [4.69, 9.17) is 15.0 Å². The van der Waals surface area contributed by atoms with Crippen LogP contribution in [0, 0.1) is 11.6 Å². The van der Waals surface area contributed by atoms with E-state index < -0.39 is 5.41 Å². The molecule has 11 rings (SSSR count). The Kier molecular flexibility index (Phi) is 8.09. The SMILES string of the molecule is Fc1ccc(-c2cccc(-c3nc(-c4cccc(-c5ccc(F)cc5)c4)nc(-c4ccc5c(c4)-c4ccccc4C54c5ccccc5C=Cc5ccccc54)n3)c2)cc1. The molecule has 2 aliphatic rings. The Morgan fingerprint density at radius 3 is 1.24 bits per heavy atom. The van der Waals surface area contributed by atoms with Gasteiger partial charge < -0.3 is 0 Å². The fourth-order valence-corrected chi connectivity index (χ4v) is 9.02. The number of aromatic nitrogens is 3. The number of benzene rings is 8. The highest BCUT2D eigenvalue weighted by Gasteiger charge is 2.48. The normalized spacial score (nSPS) is 13.0. The average molecular weight is 762 g/mol. The zero-order valence-electron chi connectivity index (χ0n) is 31.7. The van der Waals surface area contributed by atoms with Crippen LogP contribution in [0.1, 0.15) is 33.4 Å². The van der Waals surface area contributed by atoms with E-state index in [1.165, 1.54) is 63.2 Å². The van der Waals surface area contributed by atoms with Gasteiger partial charge in [-0.05, 0) is 109 Å². The molecule has 278 valence electrons. The molecule has 0 radical (unpaired) electrons. The van der Waals surface area contributed by atoms with Gasteiger partial charge in [0.1, 0.15) is 11.6 Å². The van der Waals surface area contributed by atoms with E-state index in [0.29, 0.717) is 17.5 Å². The molecule has 9 aromatic rings. The van der Waals surface area contributed by atoms with Crippen molar-refractivity contribution in [3.05, 3.63) is 233 Å². The minimum atomic E-state index is -0.544. The molecule has 0 bridgehead atoms. The first-order chi connectivity index (χ1) is 29.0. The number of hydrogen-bond donors (Lipinski definition) is 0. The van der Waals surface area contributed by atoms with Crippen LogP contribution in [0.3, 0.4) is 0 Å². The number of halogens is 2. The summed E-state index contributed by atoms with van der Waals surface area (Å²) in [5.41, 5.74) is 15.1. The van der Waals surface area contributed by atoms with Gasteiger partial charge in [0.15, 0.2) is 17.5 Å². The maximum absolute atomic E-state index is 13.9. The van der Waals surface area contributed by atoms with Crippen LogP contribution in [0.5, 0.6) is 0 Å². The van der Waals surface area contributed by atoms with E-state index in [-0.39, 0.29) is 11.6 Å². The van der Waals surface area contributed by atoms with Gasteiger partial charge >= 0.3 is 0 Å². The molecule has 0 fully saturated rings. The fourth-order valence-electron chi connectivity index (χ4n) is 9.02. The summed E-state index contributed by atoms with van der Waals surface area (Å²) < 4.78 is 27.8. The molecule has 5 heteroatoms. The first kappa shape index (κ1) is 34.6. The summed E-state index contributed by atoms with van der Waals surface area (Å²) in [6.07, 6.45) is 4.48. The number of fused-ring (bicyclic) bond motifs is 9. The van der Waals surface area contributed by atoms with E-state index >= 15 is 0 Å². The Hall–Kier alpha value is -7.63. The largest absolute Gasteiger partial charge is 0.208 e. The quantitative estimate of drug-likeness (QED) is 0.175. The number of rotatable bonds is 5. The zero-order chi connectivity index (χ0) is 39.5. The highest BCUT2D eigenvalue weighted by molar-refractivity contribution is 5.92. The van der Waals surface area contributed by atoms with Crippen LogP contribution < -0.4 is 0 Å². The van der Waals surface area contributed by atoms with E-state index in [1.54, 1.807) is 24.3 Å². The average Bonchev–Trinajstić information content (AvgIpc) is 3.49. The number of nitrogens with zero attached hydrogens (tertiary/aromatic N) is 3. The molecule has 3 nitrogen and oxygen atoms in total. The molecule has 59 heavy (non-hydrogen) atoms. The molecule has 1 aromatic heterocycles. The molecule has 0 aliphatic heterocycles. The van der Waals surface area contributed by atoms with Crippen LogP contribution in [-0.4, -0.2) is 15.0 Å². The molecule has 0 unspecified atom stereocenters. The van der Waals surface area contributed by atoms with Crippen molar-refractivity contribution in [2.45, 2.75) is 5.41 Å². The van der Waals surface area contributed by atoms with Gasteiger partial charge in [0.05, 0.1) is 5.41 Å². The summed E-state index contributed by atoms with van der Waals surface area (Å²) in [7, 11) is 0. The van der Waals surface area contributed by atoms with E-state index in [0.717, 1.165) is 44.5 Å². The third-order valence-corrected chi connectivity index (χ3v) is 11.7. The summed E-state index contributed by atoms with van der Waals surface area (Å²) >= 11 is 0. The highest BCUT2D eigenvalue weighted by atomic mass is 19.1. The molecule has 2 aliphatic carbocycles. The van der Waals surface area contributed by atoms with Crippen LogP contribution in [0.2, 0.25) is 0 Å². The lowest BCUT2D eigenvalue weighted by molar-refractivity contribution is 0.627. The molecular weight excluding hydrogens is 729 g/mol. The Morgan fingerprint density at radius 2 is 0.712 bits per heavy atom. The van der Waals surface area contributed by atoms with E-state index in [2.05, 4.69) is 103 Å². The van der Waals surface area contributed by atoms with Gasteiger partial charge in [-0.2, -0.15) is 0 Å². The lowest BCUT2D eigenvalue weighted by Gasteiger charge is -2.35. The smallest absolute Gasteiger partial charge is 0.164 e. The van der Waals surface area contributed by atoms with Gasteiger partial charge in [-0.15, -0.1) is 0 Å². The molecule has 0 N–H and O–H groups in total. The van der Waals surface area contributed by atoms with Gasteiger partial charge in [0.2, 0.25) is 0 Å². The summed E-state index contributed by atoms with van der Waals surface area (Å²) in [5.74, 6) is 0.986. The van der Waals surface area contributed by atoms with E-state index in [9.17, 15) is 8.78 Å². The van der Waals surface area contributed by atoms with Crippen molar-refractivity contribution >= 4 is 12.2 Å². The molecule has 0 saturated carbocycles. The third kappa shape index (κ3) is 5.73. The maximum atomic E-state index is 13.9. The van der Waals surface area contributed by atoms with Crippen LogP contribution in [0.25, 0.3) is 79.7 Å². The second-order valence-electron chi connectivity index (χ2n) is 15.0. The van der Waals surface area contributed by atoms with Crippen molar-refractivity contribution in [2.75, 3.05) is 0 Å². The monoisotopic (exact) mass is 761 g/mol. The maximum Gasteiger partial charge on any atom is 0.164 e. The molecule has 1 spiro atoms. The molecule has 0 amide bonds.